The van der Waals surface area contributed by atoms with Crippen LogP contribution >= 0.6 is 0 Å². The quantitative estimate of drug-likeness (QED) is 0.334. The fraction of sp³-hybridized carbons (Fsp3) is 0.148. The molecule has 0 unspecified atom stereocenters. The number of aryl methyl sites for hydroxylation is 1. The van der Waals surface area contributed by atoms with Crippen LogP contribution in [0.4, 0.5) is 20.4 Å². The Morgan fingerprint density at radius 1 is 1.00 bits per heavy atom. The number of benzene rings is 2. The van der Waals surface area contributed by atoms with Gasteiger partial charge in [0.1, 0.15) is 11.6 Å². The van der Waals surface area contributed by atoms with Crippen LogP contribution in [0, 0.1) is 18.6 Å². The molecule has 1 atom stereocenters. The number of nitrogens with one attached hydrogen (secondary N) is 2. The Labute approximate surface area is 202 Å². The molecule has 0 aliphatic carbocycles. The Morgan fingerprint density at radius 2 is 1.77 bits per heavy atom. The summed E-state index contributed by atoms with van der Waals surface area (Å²) in [6.45, 7) is 4.08. The predicted octanol–water partition coefficient (Wildman–Crippen LogP) is 5.42. The zero-order valence-electron chi connectivity index (χ0n) is 19.3. The first kappa shape index (κ1) is 23.8. The topological polar surface area (TPSA) is 92.9 Å². The average Bonchev–Trinajstić information content (AvgIpc) is 2.86. The molecule has 6 nitrogen and oxygen atoms in total. The fourth-order valence-electron chi connectivity index (χ4n) is 3.61. The summed E-state index contributed by atoms with van der Waals surface area (Å²) in [5.74, 6) is -1.33. The van der Waals surface area contributed by atoms with Crippen molar-refractivity contribution in [3.05, 3.63) is 107 Å². The van der Waals surface area contributed by atoms with Gasteiger partial charge in [0.15, 0.2) is 11.6 Å². The molecule has 0 radical (unpaired) electrons. The number of aromatic nitrogens is 2. The first-order valence-electron chi connectivity index (χ1n) is 11.1. The van der Waals surface area contributed by atoms with Gasteiger partial charge in [-0.25, -0.2) is 18.7 Å². The molecule has 0 fully saturated rings. The third kappa shape index (κ3) is 5.60. The Bertz CT molecular complexity index is 1360. The first-order chi connectivity index (χ1) is 16.8. The lowest BCUT2D eigenvalue weighted by Crippen LogP contribution is -2.27. The molecule has 35 heavy (non-hydrogen) atoms. The van der Waals surface area contributed by atoms with E-state index in [0.29, 0.717) is 29.3 Å². The highest BCUT2D eigenvalue weighted by Gasteiger charge is 2.17. The van der Waals surface area contributed by atoms with Crippen molar-refractivity contribution in [1.29, 1.82) is 0 Å². The summed E-state index contributed by atoms with van der Waals surface area (Å²) >= 11 is 0. The van der Waals surface area contributed by atoms with Gasteiger partial charge in [0, 0.05) is 24.5 Å². The number of pyridine rings is 2. The van der Waals surface area contributed by atoms with E-state index in [1.54, 1.807) is 31.5 Å². The van der Waals surface area contributed by atoms with Gasteiger partial charge < -0.3 is 16.4 Å². The normalized spacial score (nSPS) is 11.7. The van der Waals surface area contributed by atoms with Gasteiger partial charge >= 0.3 is 0 Å². The van der Waals surface area contributed by atoms with Gasteiger partial charge in [-0.2, -0.15) is 0 Å². The van der Waals surface area contributed by atoms with E-state index in [2.05, 4.69) is 20.6 Å². The van der Waals surface area contributed by atoms with E-state index >= 15 is 0 Å². The molecule has 4 rings (SSSR count). The van der Waals surface area contributed by atoms with Crippen LogP contribution in [0.25, 0.3) is 11.1 Å². The van der Waals surface area contributed by atoms with Crippen LogP contribution < -0.4 is 16.4 Å². The number of halogens is 2. The molecular weight excluding hydrogens is 448 g/mol. The van der Waals surface area contributed by atoms with Gasteiger partial charge in [0.2, 0.25) is 0 Å². The molecule has 178 valence electrons. The highest BCUT2D eigenvalue weighted by Crippen LogP contribution is 2.23. The Hall–Kier alpha value is -4.33. The SMILES string of the molecule is Cc1cc(-c2ccc(CNc3ncccc3C(=O)N[C@@H](C)c3ccc(F)c(F)c3)cc2)cnc1N. The van der Waals surface area contributed by atoms with Crippen molar-refractivity contribution in [3.63, 3.8) is 0 Å². The number of amides is 1. The summed E-state index contributed by atoms with van der Waals surface area (Å²) in [6, 6.07) is 16.3. The van der Waals surface area contributed by atoms with Crippen molar-refractivity contribution < 1.29 is 13.6 Å². The molecule has 0 bridgehead atoms. The monoisotopic (exact) mass is 473 g/mol. The van der Waals surface area contributed by atoms with Gasteiger partial charge in [0.25, 0.3) is 5.91 Å². The van der Waals surface area contributed by atoms with Crippen molar-refractivity contribution >= 4 is 17.5 Å². The molecule has 0 saturated carbocycles. The van der Waals surface area contributed by atoms with Gasteiger partial charge in [-0.05, 0) is 66.4 Å². The lowest BCUT2D eigenvalue weighted by molar-refractivity contribution is 0.0940. The third-order valence-corrected chi connectivity index (χ3v) is 5.71. The lowest BCUT2D eigenvalue weighted by Gasteiger charge is -2.16. The molecule has 0 spiro atoms. The largest absolute Gasteiger partial charge is 0.383 e. The molecule has 4 N–H and O–H groups in total. The standard InChI is InChI=1S/C27H25F2N5O/c1-16-12-21(15-32-25(16)30)19-7-5-18(6-8-19)14-33-26-22(4-3-11-31-26)27(35)34-17(2)20-9-10-23(28)24(29)13-20/h3-13,15,17H,14H2,1-2H3,(H2,30,32)(H,31,33)(H,34,35)/t17-/m0/s1. The number of carbonyl (C=O) groups is 1. The zero-order chi connectivity index (χ0) is 24.9. The number of hydrogen-bond donors (Lipinski definition) is 3. The molecule has 2 heterocycles. The van der Waals surface area contributed by atoms with Crippen LogP contribution in [-0.4, -0.2) is 15.9 Å². The predicted molar refractivity (Wildman–Crippen MR) is 133 cm³/mol. The van der Waals surface area contributed by atoms with Gasteiger partial charge in [0.05, 0.1) is 11.6 Å². The van der Waals surface area contributed by atoms with Crippen molar-refractivity contribution in [2.45, 2.75) is 26.4 Å². The van der Waals surface area contributed by atoms with Crippen molar-refractivity contribution in [2.75, 3.05) is 11.1 Å². The van der Waals surface area contributed by atoms with E-state index in [4.69, 9.17) is 5.73 Å². The van der Waals surface area contributed by atoms with Crippen LogP contribution in [0.5, 0.6) is 0 Å². The number of nitrogens with zero attached hydrogens (tertiary/aromatic N) is 2. The number of anilines is 2. The molecular formula is C27H25F2N5O. The molecule has 0 aliphatic heterocycles. The maximum Gasteiger partial charge on any atom is 0.255 e. The fourth-order valence-corrected chi connectivity index (χ4v) is 3.61. The second kappa shape index (κ2) is 10.3. The number of carbonyl (C=O) groups excluding carboxylic acids is 1. The van der Waals surface area contributed by atoms with Crippen LogP contribution in [0.3, 0.4) is 0 Å². The minimum absolute atomic E-state index is 0.349. The number of nitrogens with two attached hydrogens (primary N) is 1. The van der Waals surface area contributed by atoms with E-state index < -0.39 is 17.7 Å². The van der Waals surface area contributed by atoms with Crippen molar-refractivity contribution in [3.8, 4) is 11.1 Å². The molecule has 1 amide bonds. The smallest absolute Gasteiger partial charge is 0.255 e. The van der Waals surface area contributed by atoms with Crippen LogP contribution in [0.1, 0.15) is 40.0 Å². The van der Waals surface area contributed by atoms with E-state index in [1.807, 2.05) is 37.3 Å². The van der Waals surface area contributed by atoms with E-state index in [9.17, 15) is 13.6 Å². The second-order valence-electron chi connectivity index (χ2n) is 8.24. The Morgan fingerprint density at radius 3 is 2.49 bits per heavy atom. The van der Waals surface area contributed by atoms with Gasteiger partial charge in [-0.3, -0.25) is 4.79 Å². The van der Waals surface area contributed by atoms with Crippen LogP contribution in [0.15, 0.2) is 73.1 Å². The van der Waals surface area contributed by atoms with Gasteiger partial charge in [-0.15, -0.1) is 0 Å². The molecule has 0 saturated heterocycles. The zero-order valence-corrected chi connectivity index (χ0v) is 19.3. The molecule has 2 aromatic heterocycles. The summed E-state index contributed by atoms with van der Waals surface area (Å²) in [5, 5.41) is 6.01. The second-order valence-corrected chi connectivity index (χ2v) is 8.24. The minimum atomic E-state index is -0.957. The van der Waals surface area contributed by atoms with Crippen molar-refractivity contribution in [2.24, 2.45) is 0 Å². The molecule has 2 aromatic carbocycles. The van der Waals surface area contributed by atoms with Crippen molar-refractivity contribution in [1.82, 2.24) is 15.3 Å². The Balaban J connectivity index is 1.43. The highest BCUT2D eigenvalue weighted by molar-refractivity contribution is 5.98. The number of nitrogen functional groups attached to an aromatic ring is 1. The van der Waals surface area contributed by atoms with E-state index in [0.717, 1.165) is 34.4 Å². The van der Waals surface area contributed by atoms with E-state index in [1.165, 1.54) is 6.07 Å². The summed E-state index contributed by atoms with van der Waals surface area (Å²) in [6.07, 6.45) is 3.34. The minimum Gasteiger partial charge on any atom is -0.383 e. The number of hydrogen-bond acceptors (Lipinski definition) is 5. The highest BCUT2D eigenvalue weighted by atomic mass is 19.2. The molecule has 8 heteroatoms. The number of rotatable bonds is 7. The van der Waals surface area contributed by atoms with Gasteiger partial charge in [-0.1, -0.05) is 30.3 Å². The molecule has 4 aromatic rings. The summed E-state index contributed by atoms with van der Waals surface area (Å²) in [7, 11) is 0. The summed E-state index contributed by atoms with van der Waals surface area (Å²) < 4.78 is 26.8. The summed E-state index contributed by atoms with van der Waals surface area (Å²) in [5.41, 5.74) is 10.5. The Kier molecular flexibility index (Phi) is 7.01. The maximum absolute atomic E-state index is 13.6. The van der Waals surface area contributed by atoms with Crippen LogP contribution in [0.2, 0.25) is 0 Å². The first-order valence-corrected chi connectivity index (χ1v) is 11.1. The lowest BCUT2D eigenvalue weighted by atomic mass is 10.0. The summed E-state index contributed by atoms with van der Waals surface area (Å²) in [4.78, 5) is 21.4. The third-order valence-electron chi connectivity index (χ3n) is 5.71. The molecule has 0 aliphatic rings. The maximum atomic E-state index is 13.6. The average molecular weight is 474 g/mol. The van der Waals surface area contributed by atoms with E-state index in [-0.39, 0.29) is 5.91 Å². The van der Waals surface area contributed by atoms with Crippen LogP contribution in [-0.2, 0) is 6.54 Å².